The number of carbonyl (C=O) groups is 1. The largest absolute Gasteiger partial charge is 0.478 e. The van der Waals surface area contributed by atoms with Crippen LogP contribution in [0.1, 0.15) is 16.1 Å². The zero-order valence-corrected chi connectivity index (χ0v) is 9.46. The molecule has 1 N–H and O–H groups in total. The number of carboxylic acids is 1. The highest BCUT2D eigenvalue weighted by Crippen LogP contribution is 2.19. The fourth-order valence-electron chi connectivity index (χ4n) is 1.15. The molecule has 6 nitrogen and oxygen atoms in total. The molecule has 0 fully saturated rings. The average Bonchev–Trinajstić information content (AvgIpc) is 2.38. The molecule has 0 saturated carbocycles. The van der Waals surface area contributed by atoms with E-state index in [1.165, 1.54) is 24.3 Å². The summed E-state index contributed by atoms with van der Waals surface area (Å²) in [5.74, 6) is -0.608. The first-order valence-electron chi connectivity index (χ1n) is 4.68. The smallest absolute Gasteiger partial charge is 0.339 e. The molecule has 0 spiro atoms. The van der Waals surface area contributed by atoms with Crippen molar-refractivity contribution in [3.05, 3.63) is 42.4 Å². The van der Waals surface area contributed by atoms with Gasteiger partial charge in [-0.05, 0) is 0 Å². The van der Waals surface area contributed by atoms with Gasteiger partial charge in [0.25, 0.3) is 0 Å². The summed E-state index contributed by atoms with van der Waals surface area (Å²) < 4.78 is 0. The van der Waals surface area contributed by atoms with Crippen LogP contribution in [0.2, 0.25) is 0 Å². The second-order valence-electron chi connectivity index (χ2n) is 3.02. The van der Waals surface area contributed by atoms with Gasteiger partial charge in [0, 0.05) is 24.3 Å². The van der Waals surface area contributed by atoms with Gasteiger partial charge in [0.1, 0.15) is 16.9 Å². The molecule has 0 radical (unpaired) electrons. The lowest BCUT2D eigenvalue weighted by molar-refractivity contribution is 0.0695. The summed E-state index contributed by atoms with van der Waals surface area (Å²) in [7, 11) is 0. The van der Waals surface area contributed by atoms with Gasteiger partial charge in [-0.1, -0.05) is 11.8 Å². The Kier molecular flexibility index (Phi) is 3.61. The van der Waals surface area contributed by atoms with Crippen LogP contribution in [0.4, 0.5) is 0 Å². The van der Waals surface area contributed by atoms with Crippen LogP contribution in [-0.4, -0.2) is 31.0 Å². The van der Waals surface area contributed by atoms with Crippen molar-refractivity contribution >= 4 is 17.7 Å². The van der Waals surface area contributed by atoms with Gasteiger partial charge in [0.15, 0.2) is 0 Å². The molecule has 0 aliphatic rings. The van der Waals surface area contributed by atoms with Crippen molar-refractivity contribution in [1.82, 2.24) is 19.9 Å². The van der Waals surface area contributed by atoms with Crippen LogP contribution in [0.15, 0.2) is 36.1 Å². The predicted molar refractivity (Wildman–Crippen MR) is 60.6 cm³/mol. The van der Waals surface area contributed by atoms with Crippen molar-refractivity contribution in [2.24, 2.45) is 0 Å². The molecule has 2 aromatic rings. The van der Waals surface area contributed by atoms with Crippen molar-refractivity contribution in [3.8, 4) is 0 Å². The second kappa shape index (κ2) is 5.35. The molecular formula is C10H8N4O2S. The molecule has 0 aliphatic carbocycles. The molecule has 0 saturated heterocycles. The minimum atomic E-state index is -1.03. The van der Waals surface area contributed by atoms with E-state index in [0.29, 0.717) is 11.4 Å². The highest BCUT2D eigenvalue weighted by molar-refractivity contribution is 7.98. The van der Waals surface area contributed by atoms with Crippen molar-refractivity contribution < 1.29 is 9.90 Å². The molecule has 0 aromatic carbocycles. The molecule has 0 bridgehead atoms. The van der Waals surface area contributed by atoms with E-state index < -0.39 is 5.97 Å². The second-order valence-corrected chi connectivity index (χ2v) is 4.02. The number of hydrogen-bond acceptors (Lipinski definition) is 6. The van der Waals surface area contributed by atoms with Crippen molar-refractivity contribution in [2.75, 3.05) is 0 Å². The minimum absolute atomic E-state index is 0.115. The summed E-state index contributed by atoms with van der Waals surface area (Å²) in [6.07, 6.45) is 7.41. The standard InChI is InChI=1S/C10H8N4O2S/c15-10(16)7-3-12-6-14-8(7)5-17-9-4-11-1-2-13-9/h1-4,6H,5H2,(H,15,16). The van der Waals surface area contributed by atoms with E-state index in [9.17, 15) is 4.79 Å². The van der Waals surface area contributed by atoms with Gasteiger partial charge in [0.05, 0.1) is 11.9 Å². The third-order valence-corrected chi connectivity index (χ3v) is 2.85. The Morgan fingerprint density at radius 3 is 2.82 bits per heavy atom. The Bertz CT molecular complexity index is 521. The van der Waals surface area contributed by atoms with Crippen LogP contribution in [-0.2, 0) is 5.75 Å². The van der Waals surface area contributed by atoms with Gasteiger partial charge >= 0.3 is 5.97 Å². The van der Waals surface area contributed by atoms with E-state index >= 15 is 0 Å². The van der Waals surface area contributed by atoms with Crippen LogP contribution >= 0.6 is 11.8 Å². The predicted octanol–water partition coefficient (Wildman–Crippen LogP) is 1.26. The Morgan fingerprint density at radius 1 is 1.24 bits per heavy atom. The van der Waals surface area contributed by atoms with Gasteiger partial charge < -0.3 is 5.11 Å². The maximum Gasteiger partial charge on any atom is 0.339 e. The number of thioether (sulfide) groups is 1. The number of aromatic carboxylic acids is 1. The maximum absolute atomic E-state index is 10.9. The topological polar surface area (TPSA) is 88.9 Å². The maximum atomic E-state index is 10.9. The fourth-order valence-corrected chi connectivity index (χ4v) is 1.94. The van der Waals surface area contributed by atoms with Gasteiger partial charge in [0.2, 0.25) is 0 Å². The first-order valence-corrected chi connectivity index (χ1v) is 5.67. The van der Waals surface area contributed by atoms with Crippen molar-refractivity contribution in [2.45, 2.75) is 10.8 Å². The highest BCUT2D eigenvalue weighted by atomic mass is 32.2. The number of nitrogens with zero attached hydrogens (tertiary/aromatic N) is 4. The molecule has 2 aromatic heterocycles. The van der Waals surface area contributed by atoms with Gasteiger partial charge in [-0.25, -0.2) is 19.7 Å². The monoisotopic (exact) mass is 248 g/mol. The first-order chi connectivity index (χ1) is 8.27. The number of aromatic nitrogens is 4. The quantitative estimate of drug-likeness (QED) is 0.814. The Hall–Kier alpha value is -2.02. The van der Waals surface area contributed by atoms with E-state index in [-0.39, 0.29) is 5.56 Å². The zero-order chi connectivity index (χ0) is 12.1. The van der Waals surface area contributed by atoms with E-state index in [1.54, 1.807) is 18.6 Å². The van der Waals surface area contributed by atoms with E-state index in [1.807, 2.05) is 0 Å². The molecule has 0 unspecified atom stereocenters. The van der Waals surface area contributed by atoms with Gasteiger partial charge in [-0.3, -0.25) is 4.98 Å². The minimum Gasteiger partial charge on any atom is -0.478 e. The number of rotatable bonds is 4. The average molecular weight is 248 g/mol. The Labute approximate surface area is 101 Å². The molecule has 0 atom stereocenters. The van der Waals surface area contributed by atoms with E-state index in [2.05, 4.69) is 19.9 Å². The first kappa shape index (κ1) is 11.5. The Balaban J connectivity index is 2.12. The third-order valence-electron chi connectivity index (χ3n) is 1.92. The lowest BCUT2D eigenvalue weighted by Gasteiger charge is -2.02. The molecular weight excluding hydrogens is 240 g/mol. The lowest BCUT2D eigenvalue weighted by Crippen LogP contribution is -2.04. The SMILES string of the molecule is O=C(O)c1cncnc1CSc1cnccn1. The van der Waals surface area contributed by atoms with E-state index in [0.717, 1.165) is 5.03 Å². The third kappa shape index (κ3) is 2.97. The van der Waals surface area contributed by atoms with Crippen LogP contribution in [0.5, 0.6) is 0 Å². The van der Waals surface area contributed by atoms with Gasteiger partial charge in [-0.15, -0.1) is 0 Å². The zero-order valence-electron chi connectivity index (χ0n) is 8.65. The lowest BCUT2D eigenvalue weighted by atomic mass is 10.2. The normalized spacial score (nSPS) is 10.1. The van der Waals surface area contributed by atoms with Crippen molar-refractivity contribution in [1.29, 1.82) is 0 Å². The summed E-state index contributed by atoms with van der Waals surface area (Å²) in [6.45, 7) is 0. The fraction of sp³-hybridized carbons (Fsp3) is 0.100. The molecule has 17 heavy (non-hydrogen) atoms. The van der Waals surface area contributed by atoms with Crippen LogP contribution in [0.25, 0.3) is 0 Å². The Morgan fingerprint density at radius 2 is 2.12 bits per heavy atom. The molecule has 2 heterocycles. The van der Waals surface area contributed by atoms with Crippen LogP contribution in [0.3, 0.4) is 0 Å². The van der Waals surface area contributed by atoms with Gasteiger partial charge in [-0.2, -0.15) is 0 Å². The summed E-state index contributed by atoms with van der Waals surface area (Å²) >= 11 is 1.38. The molecule has 0 amide bonds. The summed E-state index contributed by atoms with van der Waals surface area (Å²) in [4.78, 5) is 26.6. The summed E-state index contributed by atoms with van der Waals surface area (Å²) in [6, 6.07) is 0. The molecule has 0 aliphatic heterocycles. The van der Waals surface area contributed by atoms with Crippen molar-refractivity contribution in [3.63, 3.8) is 0 Å². The number of hydrogen-bond donors (Lipinski definition) is 1. The summed E-state index contributed by atoms with van der Waals surface area (Å²) in [5, 5.41) is 9.67. The summed E-state index contributed by atoms with van der Waals surface area (Å²) in [5.41, 5.74) is 0.590. The molecule has 2 rings (SSSR count). The van der Waals surface area contributed by atoms with Crippen LogP contribution in [0, 0.1) is 0 Å². The van der Waals surface area contributed by atoms with Crippen LogP contribution < -0.4 is 0 Å². The number of carboxylic acid groups (broad SMARTS) is 1. The van der Waals surface area contributed by atoms with E-state index in [4.69, 9.17) is 5.11 Å². The highest BCUT2D eigenvalue weighted by Gasteiger charge is 2.11. The molecule has 7 heteroatoms. The molecule has 86 valence electrons.